The molecule has 0 amide bonds. The smallest absolute Gasteiger partial charge is 0.120 e. The minimum atomic E-state index is 0.419. The molecule has 0 radical (unpaired) electrons. The Hall–Kier alpha value is -1.31. The Balaban J connectivity index is 1.79. The molecule has 2 heterocycles. The standard InChI is InChI=1S/C14H21N3O/c1-3-14-12(4-5-18-14)9-16-8-11-6-13(7-15)17(2)10-11/h6,10,12,14,16H,3-5,8-9H2,1-2H3. The van der Waals surface area contributed by atoms with Crippen molar-refractivity contribution in [1.82, 2.24) is 9.88 Å². The average Bonchev–Trinajstić information content (AvgIpc) is 2.95. The molecule has 1 fully saturated rings. The van der Waals surface area contributed by atoms with Crippen LogP contribution in [-0.4, -0.2) is 23.8 Å². The summed E-state index contributed by atoms with van der Waals surface area (Å²) >= 11 is 0. The third-order valence-corrected chi connectivity index (χ3v) is 3.66. The van der Waals surface area contributed by atoms with Crippen molar-refractivity contribution in [3.63, 3.8) is 0 Å². The van der Waals surface area contributed by atoms with Crippen LogP contribution in [0, 0.1) is 17.2 Å². The molecular weight excluding hydrogens is 226 g/mol. The van der Waals surface area contributed by atoms with Crippen LogP contribution in [0.5, 0.6) is 0 Å². The number of hydrogen-bond donors (Lipinski definition) is 1. The number of nitrogens with zero attached hydrogens (tertiary/aromatic N) is 2. The van der Waals surface area contributed by atoms with Gasteiger partial charge in [0.05, 0.1) is 6.10 Å². The summed E-state index contributed by atoms with van der Waals surface area (Å²) in [6.45, 7) is 4.89. The number of rotatable bonds is 5. The predicted octanol–water partition coefficient (Wildman–Crippen LogP) is 1.80. The van der Waals surface area contributed by atoms with E-state index in [0.29, 0.717) is 17.7 Å². The molecule has 0 aliphatic carbocycles. The molecule has 1 aliphatic heterocycles. The first-order chi connectivity index (χ1) is 8.74. The highest BCUT2D eigenvalue weighted by atomic mass is 16.5. The normalized spacial score (nSPS) is 23.2. The fraction of sp³-hybridized carbons (Fsp3) is 0.643. The first kappa shape index (κ1) is 13.1. The maximum atomic E-state index is 8.89. The van der Waals surface area contributed by atoms with E-state index in [0.717, 1.165) is 32.5 Å². The monoisotopic (exact) mass is 247 g/mol. The second-order valence-electron chi connectivity index (χ2n) is 4.95. The predicted molar refractivity (Wildman–Crippen MR) is 70.0 cm³/mol. The molecule has 1 N–H and O–H groups in total. The molecule has 0 bridgehead atoms. The van der Waals surface area contributed by atoms with Gasteiger partial charge in [-0.1, -0.05) is 6.92 Å². The van der Waals surface area contributed by atoms with Gasteiger partial charge in [-0.25, -0.2) is 0 Å². The summed E-state index contributed by atoms with van der Waals surface area (Å²) in [7, 11) is 1.90. The lowest BCUT2D eigenvalue weighted by molar-refractivity contribution is 0.0872. The molecule has 2 atom stereocenters. The van der Waals surface area contributed by atoms with Gasteiger partial charge in [-0.15, -0.1) is 0 Å². The highest BCUT2D eigenvalue weighted by Crippen LogP contribution is 2.22. The van der Waals surface area contributed by atoms with Gasteiger partial charge < -0.3 is 14.6 Å². The Morgan fingerprint density at radius 3 is 3.11 bits per heavy atom. The van der Waals surface area contributed by atoms with Crippen LogP contribution in [0.25, 0.3) is 0 Å². The lowest BCUT2D eigenvalue weighted by atomic mass is 10.00. The average molecular weight is 247 g/mol. The van der Waals surface area contributed by atoms with Crippen LogP contribution in [0.2, 0.25) is 0 Å². The van der Waals surface area contributed by atoms with Crippen LogP contribution in [0.4, 0.5) is 0 Å². The maximum absolute atomic E-state index is 8.89. The Morgan fingerprint density at radius 1 is 1.61 bits per heavy atom. The summed E-state index contributed by atoms with van der Waals surface area (Å²) < 4.78 is 7.54. The molecule has 0 aromatic carbocycles. The van der Waals surface area contributed by atoms with Gasteiger partial charge in [-0.3, -0.25) is 0 Å². The number of aryl methyl sites for hydroxylation is 1. The number of aromatic nitrogens is 1. The zero-order valence-corrected chi connectivity index (χ0v) is 11.1. The van der Waals surface area contributed by atoms with Gasteiger partial charge in [0.1, 0.15) is 11.8 Å². The quantitative estimate of drug-likeness (QED) is 0.863. The van der Waals surface area contributed by atoms with Gasteiger partial charge in [0, 0.05) is 32.9 Å². The Morgan fingerprint density at radius 2 is 2.44 bits per heavy atom. The van der Waals surface area contributed by atoms with Crippen molar-refractivity contribution in [3.8, 4) is 6.07 Å². The van der Waals surface area contributed by atoms with E-state index >= 15 is 0 Å². The van der Waals surface area contributed by atoms with Crippen molar-refractivity contribution in [1.29, 1.82) is 5.26 Å². The van der Waals surface area contributed by atoms with E-state index in [1.54, 1.807) is 0 Å². The SMILES string of the molecule is CCC1OCCC1CNCc1cc(C#N)n(C)c1. The van der Waals surface area contributed by atoms with Crippen LogP contribution in [0.3, 0.4) is 0 Å². The zero-order chi connectivity index (χ0) is 13.0. The van der Waals surface area contributed by atoms with E-state index in [-0.39, 0.29) is 0 Å². The van der Waals surface area contributed by atoms with Gasteiger partial charge in [0.2, 0.25) is 0 Å². The molecule has 0 saturated carbocycles. The van der Waals surface area contributed by atoms with Crippen molar-refractivity contribution >= 4 is 0 Å². The van der Waals surface area contributed by atoms with Crippen molar-refractivity contribution in [2.45, 2.75) is 32.4 Å². The summed E-state index contributed by atoms with van der Waals surface area (Å²) in [6, 6.07) is 4.12. The number of nitrogens with one attached hydrogen (secondary N) is 1. The van der Waals surface area contributed by atoms with Crippen LogP contribution in [0.1, 0.15) is 31.0 Å². The third kappa shape index (κ3) is 2.92. The Labute approximate surface area is 109 Å². The molecule has 1 saturated heterocycles. The molecule has 4 heteroatoms. The van der Waals surface area contributed by atoms with Crippen LogP contribution in [-0.2, 0) is 18.3 Å². The van der Waals surface area contributed by atoms with E-state index in [2.05, 4.69) is 18.3 Å². The van der Waals surface area contributed by atoms with Gasteiger partial charge in [0.15, 0.2) is 0 Å². The molecule has 1 aliphatic rings. The van der Waals surface area contributed by atoms with Crippen molar-refractivity contribution in [3.05, 3.63) is 23.5 Å². The van der Waals surface area contributed by atoms with Crippen molar-refractivity contribution in [2.24, 2.45) is 13.0 Å². The van der Waals surface area contributed by atoms with Crippen molar-refractivity contribution in [2.75, 3.05) is 13.2 Å². The Kier molecular flexibility index (Phi) is 4.40. The topological polar surface area (TPSA) is 50.0 Å². The first-order valence-electron chi connectivity index (χ1n) is 6.62. The first-order valence-corrected chi connectivity index (χ1v) is 6.62. The molecular formula is C14H21N3O. The van der Waals surface area contributed by atoms with E-state index < -0.39 is 0 Å². The summed E-state index contributed by atoms with van der Waals surface area (Å²) in [5.41, 5.74) is 1.88. The summed E-state index contributed by atoms with van der Waals surface area (Å²) in [6.07, 6.45) is 4.68. The van der Waals surface area contributed by atoms with Crippen LogP contribution < -0.4 is 5.32 Å². The van der Waals surface area contributed by atoms with Gasteiger partial charge in [-0.2, -0.15) is 5.26 Å². The summed E-state index contributed by atoms with van der Waals surface area (Å²) in [4.78, 5) is 0. The molecule has 18 heavy (non-hydrogen) atoms. The number of ether oxygens (including phenoxy) is 1. The fourth-order valence-corrected chi connectivity index (χ4v) is 2.62. The number of hydrogen-bond acceptors (Lipinski definition) is 3. The summed E-state index contributed by atoms with van der Waals surface area (Å²) in [5.74, 6) is 0.633. The molecule has 1 aromatic heterocycles. The van der Waals surface area contributed by atoms with Gasteiger partial charge in [0.25, 0.3) is 0 Å². The lowest BCUT2D eigenvalue weighted by Crippen LogP contribution is -2.27. The van der Waals surface area contributed by atoms with E-state index in [1.165, 1.54) is 5.56 Å². The number of nitriles is 1. The molecule has 2 rings (SSSR count). The molecule has 4 nitrogen and oxygen atoms in total. The van der Waals surface area contributed by atoms with E-state index in [1.807, 2.05) is 23.9 Å². The molecule has 98 valence electrons. The second kappa shape index (κ2) is 6.03. The summed E-state index contributed by atoms with van der Waals surface area (Å²) in [5, 5.41) is 12.4. The van der Waals surface area contributed by atoms with Gasteiger partial charge in [-0.05, 0) is 30.4 Å². The molecule has 0 spiro atoms. The highest BCUT2D eigenvalue weighted by Gasteiger charge is 2.25. The largest absolute Gasteiger partial charge is 0.378 e. The minimum absolute atomic E-state index is 0.419. The van der Waals surface area contributed by atoms with E-state index in [9.17, 15) is 0 Å². The molecule has 1 aromatic rings. The third-order valence-electron chi connectivity index (χ3n) is 3.66. The van der Waals surface area contributed by atoms with Gasteiger partial charge >= 0.3 is 0 Å². The Bertz CT molecular complexity index is 433. The van der Waals surface area contributed by atoms with E-state index in [4.69, 9.17) is 10.00 Å². The second-order valence-corrected chi connectivity index (χ2v) is 4.95. The van der Waals surface area contributed by atoms with Crippen LogP contribution in [0.15, 0.2) is 12.3 Å². The maximum Gasteiger partial charge on any atom is 0.120 e. The molecule has 2 unspecified atom stereocenters. The zero-order valence-electron chi connectivity index (χ0n) is 11.1. The van der Waals surface area contributed by atoms with Crippen molar-refractivity contribution < 1.29 is 4.74 Å². The fourth-order valence-electron chi connectivity index (χ4n) is 2.62. The van der Waals surface area contributed by atoms with Crippen LogP contribution >= 0.6 is 0 Å². The minimum Gasteiger partial charge on any atom is -0.378 e. The lowest BCUT2D eigenvalue weighted by Gasteiger charge is -2.16. The highest BCUT2D eigenvalue weighted by molar-refractivity contribution is 5.28.